The summed E-state index contributed by atoms with van der Waals surface area (Å²) in [6, 6.07) is 3.39. The van der Waals surface area contributed by atoms with Crippen LogP contribution in [-0.2, 0) is 9.59 Å². The highest BCUT2D eigenvalue weighted by Gasteiger charge is 2.32. The van der Waals surface area contributed by atoms with Gasteiger partial charge in [0.2, 0.25) is 0 Å². The quantitative estimate of drug-likeness (QED) is 0.680. The van der Waals surface area contributed by atoms with E-state index in [1.54, 1.807) is 0 Å². The number of halogens is 2. The maximum Gasteiger partial charge on any atom is 0.305 e. The number of hydrogen-bond donors (Lipinski definition) is 1. The largest absolute Gasteiger partial charge is 0.481 e. The number of amides is 1. The number of benzene rings is 1. The van der Waals surface area contributed by atoms with Crippen molar-refractivity contribution in [3.05, 3.63) is 40.3 Å². The van der Waals surface area contributed by atoms with Gasteiger partial charge in [0.1, 0.15) is 16.0 Å². The molecule has 1 heterocycles. The van der Waals surface area contributed by atoms with Crippen LogP contribution in [-0.4, -0.2) is 32.7 Å². The number of carboxylic acids is 1. The van der Waals surface area contributed by atoms with Gasteiger partial charge in [-0.05, 0) is 18.2 Å². The van der Waals surface area contributed by atoms with Crippen molar-refractivity contribution in [3.8, 4) is 0 Å². The van der Waals surface area contributed by atoms with Gasteiger partial charge in [-0.1, -0.05) is 30.0 Å². The number of nitrogens with zero attached hydrogens (tertiary/aromatic N) is 1. The van der Waals surface area contributed by atoms with Crippen LogP contribution >= 0.6 is 24.0 Å². The van der Waals surface area contributed by atoms with Crippen LogP contribution in [0.25, 0.3) is 6.08 Å². The molecule has 0 aromatic heterocycles. The summed E-state index contributed by atoms with van der Waals surface area (Å²) in [5.41, 5.74) is -0.323. The molecular weight excluding hydrogens is 320 g/mol. The Morgan fingerprint density at radius 1 is 1.38 bits per heavy atom. The normalized spacial score (nSPS) is 16.9. The number of carboxylic acid groups (broad SMARTS) is 1. The Morgan fingerprint density at radius 3 is 2.57 bits per heavy atom. The molecule has 110 valence electrons. The fourth-order valence-electron chi connectivity index (χ4n) is 1.68. The van der Waals surface area contributed by atoms with E-state index >= 15 is 0 Å². The van der Waals surface area contributed by atoms with Gasteiger partial charge in [-0.25, -0.2) is 8.78 Å². The average Bonchev–Trinajstić information content (AvgIpc) is 2.67. The van der Waals surface area contributed by atoms with E-state index in [1.165, 1.54) is 6.07 Å². The zero-order valence-electron chi connectivity index (χ0n) is 10.5. The van der Waals surface area contributed by atoms with E-state index in [4.69, 9.17) is 17.3 Å². The van der Waals surface area contributed by atoms with Crippen LogP contribution in [0.1, 0.15) is 12.0 Å². The minimum absolute atomic E-state index is 0.0642. The van der Waals surface area contributed by atoms with Crippen molar-refractivity contribution in [2.75, 3.05) is 6.54 Å². The SMILES string of the molecule is O=C(O)CCN1C(=O)/C(=C/c2c(F)cccc2F)SC1=S. The van der Waals surface area contributed by atoms with Crippen LogP contribution in [0.5, 0.6) is 0 Å². The third-order valence-corrected chi connectivity index (χ3v) is 4.08. The Labute approximate surface area is 128 Å². The van der Waals surface area contributed by atoms with Crippen LogP contribution in [0.15, 0.2) is 23.1 Å². The molecule has 0 saturated carbocycles. The number of carbonyl (C=O) groups is 2. The van der Waals surface area contributed by atoms with E-state index < -0.39 is 23.5 Å². The molecule has 0 spiro atoms. The highest BCUT2D eigenvalue weighted by Crippen LogP contribution is 2.33. The molecule has 1 aromatic carbocycles. The van der Waals surface area contributed by atoms with Crippen molar-refractivity contribution in [2.24, 2.45) is 0 Å². The summed E-state index contributed by atoms with van der Waals surface area (Å²) >= 11 is 5.86. The van der Waals surface area contributed by atoms with E-state index in [2.05, 4.69) is 0 Å². The van der Waals surface area contributed by atoms with Gasteiger partial charge in [0.05, 0.1) is 11.3 Å². The van der Waals surface area contributed by atoms with Crippen LogP contribution in [0.4, 0.5) is 8.78 Å². The molecule has 1 aromatic rings. The van der Waals surface area contributed by atoms with Gasteiger partial charge in [-0.15, -0.1) is 0 Å². The predicted molar refractivity (Wildman–Crippen MR) is 78.5 cm³/mol. The lowest BCUT2D eigenvalue weighted by molar-refractivity contribution is -0.137. The molecule has 0 bridgehead atoms. The van der Waals surface area contributed by atoms with Crippen molar-refractivity contribution in [1.82, 2.24) is 4.90 Å². The van der Waals surface area contributed by atoms with Crippen molar-refractivity contribution in [3.63, 3.8) is 0 Å². The third kappa shape index (κ3) is 3.45. The molecular formula is C13H9F2NO3S2. The lowest BCUT2D eigenvalue weighted by Crippen LogP contribution is -2.30. The molecule has 1 amide bonds. The number of aliphatic carboxylic acids is 1. The van der Waals surface area contributed by atoms with Crippen molar-refractivity contribution in [2.45, 2.75) is 6.42 Å². The first kappa shape index (κ1) is 15.6. The monoisotopic (exact) mass is 329 g/mol. The molecule has 0 atom stereocenters. The number of hydrogen-bond acceptors (Lipinski definition) is 4. The van der Waals surface area contributed by atoms with Crippen molar-refractivity contribution >= 4 is 46.3 Å². The fraction of sp³-hybridized carbons (Fsp3) is 0.154. The standard InChI is InChI=1S/C13H9F2NO3S2/c14-8-2-1-3-9(15)7(8)6-10-12(19)16(13(20)21-10)5-4-11(17)18/h1-3,6H,4-5H2,(H,17,18)/b10-6-. The van der Waals surface area contributed by atoms with Crippen LogP contribution in [0.3, 0.4) is 0 Å². The molecule has 1 fully saturated rings. The summed E-state index contributed by atoms with van der Waals surface area (Å²) in [5, 5.41) is 8.62. The highest BCUT2D eigenvalue weighted by atomic mass is 32.2. The maximum absolute atomic E-state index is 13.5. The van der Waals surface area contributed by atoms with Gasteiger partial charge in [0, 0.05) is 12.1 Å². The Balaban J connectivity index is 2.26. The number of rotatable bonds is 4. The molecule has 1 N–H and O–H groups in total. The topological polar surface area (TPSA) is 57.6 Å². The zero-order chi connectivity index (χ0) is 15.6. The van der Waals surface area contributed by atoms with E-state index in [-0.39, 0.29) is 27.8 Å². The van der Waals surface area contributed by atoms with Gasteiger partial charge in [0.15, 0.2) is 0 Å². The minimum atomic E-state index is -1.06. The Kier molecular flexibility index (Phi) is 4.69. The highest BCUT2D eigenvalue weighted by molar-refractivity contribution is 8.26. The molecule has 2 rings (SSSR count). The summed E-state index contributed by atoms with van der Waals surface area (Å²) in [6.07, 6.45) is 0.832. The first-order valence-corrected chi connectivity index (χ1v) is 7.04. The first-order valence-electron chi connectivity index (χ1n) is 5.81. The molecule has 0 unspecified atom stereocenters. The molecule has 8 heteroatoms. The molecule has 1 aliphatic heterocycles. The average molecular weight is 329 g/mol. The molecule has 21 heavy (non-hydrogen) atoms. The number of thiocarbonyl (C=S) groups is 1. The van der Waals surface area contributed by atoms with E-state index in [0.717, 1.165) is 34.9 Å². The molecule has 0 radical (unpaired) electrons. The molecule has 1 aliphatic rings. The molecule has 1 saturated heterocycles. The smallest absolute Gasteiger partial charge is 0.305 e. The second-order valence-electron chi connectivity index (χ2n) is 4.11. The molecule has 0 aliphatic carbocycles. The molecule has 4 nitrogen and oxygen atoms in total. The van der Waals surface area contributed by atoms with Crippen LogP contribution < -0.4 is 0 Å². The Bertz CT molecular complexity index is 641. The van der Waals surface area contributed by atoms with Crippen LogP contribution in [0, 0.1) is 11.6 Å². The van der Waals surface area contributed by atoms with Crippen molar-refractivity contribution < 1.29 is 23.5 Å². The lowest BCUT2D eigenvalue weighted by atomic mass is 10.2. The summed E-state index contributed by atoms with van der Waals surface area (Å²) in [4.78, 5) is 23.8. The zero-order valence-corrected chi connectivity index (χ0v) is 12.1. The van der Waals surface area contributed by atoms with Gasteiger partial charge in [-0.3, -0.25) is 14.5 Å². The summed E-state index contributed by atoms with van der Waals surface area (Å²) in [6.45, 7) is -0.0723. The second-order valence-corrected chi connectivity index (χ2v) is 5.79. The maximum atomic E-state index is 13.5. The van der Waals surface area contributed by atoms with Gasteiger partial charge in [-0.2, -0.15) is 0 Å². The lowest BCUT2D eigenvalue weighted by Gasteiger charge is -2.12. The van der Waals surface area contributed by atoms with E-state index in [9.17, 15) is 18.4 Å². The summed E-state index contributed by atoms with van der Waals surface area (Å²) < 4.78 is 27.3. The predicted octanol–water partition coefficient (Wildman–Crippen LogP) is 2.64. The summed E-state index contributed by atoms with van der Waals surface area (Å²) in [7, 11) is 0. The number of carbonyl (C=O) groups excluding carboxylic acids is 1. The number of thioether (sulfide) groups is 1. The van der Waals surface area contributed by atoms with Gasteiger partial charge in [0.25, 0.3) is 5.91 Å². The van der Waals surface area contributed by atoms with Crippen LogP contribution in [0.2, 0.25) is 0 Å². The van der Waals surface area contributed by atoms with E-state index in [0.29, 0.717) is 0 Å². The van der Waals surface area contributed by atoms with Gasteiger partial charge >= 0.3 is 5.97 Å². The first-order chi connectivity index (χ1) is 9.90. The van der Waals surface area contributed by atoms with Crippen molar-refractivity contribution in [1.29, 1.82) is 0 Å². The fourth-order valence-corrected chi connectivity index (χ4v) is 2.97. The van der Waals surface area contributed by atoms with Gasteiger partial charge < -0.3 is 5.11 Å². The Morgan fingerprint density at radius 2 is 2.00 bits per heavy atom. The summed E-state index contributed by atoms with van der Waals surface area (Å²) in [5.74, 6) is -3.18. The van der Waals surface area contributed by atoms with E-state index in [1.807, 2.05) is 0 Å². The second kappa shape index (κ2) is 6.31. The Hall–Kier alpha value is -1.80. The minimum Gasteiger partial charge on any atom is -0.481 e. The third-order valence-electron chi connectivity index (χ3n) is 2.70.